The van der Waals surface area contributed by atoms with Gasteiger partial charge in [0, 0.05) is 135 Å². The first-order valence-corrected chi connectivity index (χ1v) is 45.7. The molecule has 4 aromatic carbocycles. The Kier molecular flexibility index (Phi) is 31.0. The summed E-state index contributed by atoms with van der Waals surface area (Å²) in [5, 5.41) is 44.8. The van der Waals surface area contributed by atoms with Crippen molar-refractivity contribution in [1.29, 1.82) is 15.8 Å². The van der Waals surface area contributed by atoms with Crippen molar-refractivity contribution in [2.45, 2.75) is 176 Å². The smallest absolute Gasteiger partial charge is 0.413 e. The molecule has 39 heteroatoms. The number of nitriles is 3. The standard InChI is InChI=1S/2C26H28FN5O4S.C21H20FN5O2S.C19H26FN3O3S/c2*1-15-18-9-10-35-14-26(18,32-23(37-15)31-24(34)36-25(2,3)4)19-11-17(6-7-20(19)27)30-22(33)21-8-5-16(12-28)13-29-21;1-12-15-6-7-29-11-21(15,27-20(24)30-12)16-8-14(3-4-17(16)22)26-19(28)18-5-2-13(9-23)10-25-18;1-11-13-7-8-25-10-19(13,14-9-12(21)5-6-15(14)20)23-16(27-11)22-17(24)26-18(2,3)4/h2*5-8,11,13,15,18H,9-10,14H2,1-4H3,(H,30,33)(H,31,32,34);2-5,8,10,12,15H,6-7,11H2,1H3,(H2,24,27)(H,26,28);5-6,9,11,13H,7-8,10,21H2,1-4H3,(H,22,23,24)/t2*15-,18+,26+;12-,15+,21+;11-,13+,19+/m1111/s1. The van der Waals surface area contributed by atoms with Crippen LogP contribution in [0.2, 0.25) is 0 Å². The second-order valence-corrected chi connectivity index (χ2v) is 40.7. The number of benzene rings is 4. The van der Waals surface area contributed by atoms with Gasteiger partial charge in [-0.15, -0.1) is 0 Å². The number of nitrogens with two attached hydrogens (primary N) is 2. The van der Waals surface area contributed by atoms with Crippen molar-refractivity contribution in [1.82, 2.24) is 30.9 Å². The van der Waals surface area contributed by atoms with Crippen LogP contribution in [-0.4, -0.2) is 162 Å². The molecule has 0 saturated carbocycles. The molecule has 3 aromatic heterocycles. The van der Waals surface area contributed by atoms with Crippen molar-refractivity contribution in [3.63, 3.8) is 0 Å². The van der Waals surface area contributed by atoms with Gasteiger partial charge < -0.3 is 60.6 Å². The second kappa shape index (κ2) is 41.4. The van der Waals surface area contributed by atoms with Gasteiger partial charge in [-0.1, -0.05) is 74.7 Å². The number of halogens is 4. The molecular weight excluding hydrogens is 1770 g/mol. The van der Waals surface area contributed by atoms with E-state index in [4.69, 9.17) is 75.4 Å². The Hall–Kier alpha value is -11.7. The Morgan fingerprint density at radius 2 is 0.656 bits per heavy atom. The molecular formula is C92H102F4N18O13S4. The van der Waals surface area contributed by atoms with Gasteiger partial charge in [0.2, 0.25) is 0 Å². The zero-order valence-corrected chi connectivity index (χ0v) is 77.6. The molecule has 131 heavy (non-hydrogen) atoms. The van der Waals surface area contributed by atoms with Crippen molar-refractivity contribution in [3.8, 4) is 18.2 Å². The molecule has 8 aliphatic rings. The SMILES string of the molecule is C[C@H]1SC(N)=N[C@@]2(c3cc(NC(=O)c4ccc(C#N)cn4)ccc3F)COCC[C@@H]12.C[C@H]1SC(NC(=O)OC(C)(C)C)=N[C@@]2(c3cc(N)ccc3F)COCC[C@@H]12.C[C@H]1SC(NC(=O)OC(C)(C)C)=N[C@@]2(c3cc(NC(=O)c4ccc(C#N)cn4)ccc3F)COCC[C@@H]12.C[C@H]1SC(NC(=O)OC(C)(C)C)=N[C@@]2(c3cc(NC(=O)c4ccc(C#N)cn4)ccc3F)COCC[C@@H]12. The first-order valence-electron chi connectivity index (χ1n) is 42.2. The topological polar surface area (TPSA) is 451 Å². The van der Waals surface area contributed by atoms with Crippen molar-refractivity contribution in [2.24, 2.45) is 49.4 Å². The highest BCUT2D eigenvalue weighted by molar-refractivity contribution is 8.15. The predicted octanol–water partition coefficient (Wildman–Crippen LogP) is 15.9. The summed E-state index contributed by atoms with van der Waals surface area (Å²) in [5.74, 6) is -3.27. The highest BCUT2D eigenvalue weighted by atomic mass is 32.2. The largest absolute Gasteiger partial charge is 0.444 e. The number of anilines is 4. The quantitative estimate of drug-likeness (QED) is 0.0358. The summed E-state index contributed by atoms with van der Waals surface area (Å²) >= 11 is 5.75. The predicted molar refractivity (Wildman–Crippen MR) is 493 cm³/mol. The van der Waals surface area contributed by atoms with Crippen LogP contribution in [0.4, 0.5) is 54.7 Å². The van der Waals surface area contributed by atoms with Crippen molar-refractivity contribution in [3.05, 3.63) is 207 Å². The minimum atomic E-state index is -1.11. The van der Waals surface area contributed by atoms with Crippen LogP contribution in [-0.2, 0) is 55.3 Å². The van der Waals surface area contributed by atoms with Gasteiger partial charge in [-0.05, 0) is 197 Å². The summed E-state index contributed by atoms with van der Waals surface area (Å²) < 4.78 is 99.6. The molecule has 7 aromatic rings. The molecule has 4 saturated heterocycles. The summed E-state index contributed by atoms with van der Waals surface area (Å²) in [6, 6.07) is 32.2. The zero-order valence-electron chi connectivity index (χ0n) is 74.3. The number of aliphatic imine (C=N–C) groups is 4. The summed E-state index contributed by atoms with van der Waals surface area (Å²) in [6.07, 6.45) is 4.88. The minimum absolute atomic E-state index is 0.00756. The van der Waals surface area contributed by atoms with E-state index in [-0.39, 0.29) is 105 Å². The van der Waals surface area contributed by atoms with E-state index in [9.17, 15) is 37.5 Å². The normalized spacial score (nSPS) is 24.7. The number of aromatic nitrogens is 3. The zero-order chi connectivity index (χ0) is 94.7. The fourth-order valence-corrected chi connectivity index (χ4v) is 21.6. The number of hydrogen-bond acceptors (Lipinski definition) is 29. The van der Waals surface area contributed by atoms with Gasteiger partial charge >= 0.3 is 18.3 Å². The number of rotatable bonds is 10. The molecule has 0 radical (unpaired) electrons. The maximum atomic E-state index is 15.4. The van der Waals surface area contributed by atoms with Gasteiger partial charge in [0.05, 0.1) is 43.1 Å². The Balaban J connectivity index is 0.000000159. The lowest BCUT2D eigenvalue weighted by molar-refractivity contribution is -0.00440. The molecule has 31 nitrogen and oxygen atoms in total. The molecule has 0 aliphatic carbocycles. The molecule has 4 fully saturated rings. The first kappa shape index (κ1) is 98.3. The van der Waals surface area contributed by atoms with E-state index < -0.39 is 92.4 Å². The number of carbonyl (C=O) groups excluding carboxylic acids is 6. The lowest BCUT2D eigenvalue weighted by atomic mass is 9.74. The van der Waals surface area contributed by atoms with E-state index in [1.807, 2.05) is 32.1 Å². The van der Waals surface area contributed by atoms with Crippen LogP contribution in [0.15, 0.2) is 148 Å². The fraction of sp³-hybridized carbons (Fsp3) is 0.435. The summed E-state index contributed by atoms with van der Waals surface area (Å²) in [6.45, 7) is 27.1. The number of hydrogen-bond donors (Lipinski definition) is 8. The van der Waals surface area contributed by atoms with E-state index in [1.165, 1.54) is 151 Å². The first-order chi connectivity index (χ1) is 62.0. The van der Waals surface area contributed by atoms with E-state index in [1.54, 1.807) is 86.6 Å². The van der Waals surface area contributed by atoms with Gasteiger partial charge in [0.15, 0.2) is 20.7 Å². The Morgan fingerprint density at radius 3 is 0.924 bits per heavy atom. The second-order valence-electron chi connectivity index (χ2n) is 35.2. The van der Waals surface area contributed by atoms with Crippen LogP contribution >= 0.6 is 47.0 Å². The van der Waals surface area contributed by atoms with E-state index in [0.29, 0.717) is 111 Å². The van der Waals surface area contributed by atoms with Crippen molar-refractivity contribution >= 4 is 126 Å². The third-order valence-electron chi connectivity index (χ3n) is 22.4. The molecule has 8 aliphatic heterocycles. The van der Waals surface area contributed by atoms with E-state index >= 15 is 8.78 Å². The fourth-order valence-electron chi connectivity index (χ4n) is 16.7. The lowest BCUT2D eigenvalue weighted by Crippen LogP contribution is -2.52. The minimum Gasteiger partial charge on any atom is -0.444 e. The average Bonchev–Trinajstić information content (AvgIpc) is 0.755. The van der Waals surface area contributed by atoms with Gasteiger partial charge in [0.1, 0.15) is 97.5 Å². The maximum Gasteiger partial charge on any atom is 0.413 e. The van der Waals surface area contributed by atoms with Crippen LogP contribution in [0.1, 0.15) is 186 Å². The van der Waals surface area contributed by atoms with Gasteiger partial charge in [-0.3, -0.25) is 30.3 Å². The molecule has 11 heterocycles. The molecule has 690 valence electrons. The Morgan fingerprint density at radius 1 is 0.389 bits per heavy atom. The number of thioether (sulfide) groups is 4. The number of pyridine rings is 3. The lowest BCUT2D eigenvalue weighted by Gasteiger charge is -2.47. The number of nitrogens with zero attached hydrogens (tertiary/aromatic N) is 10. The highest BCUT2D eigenvalue weighted by Crippen LogP contribution is 2.54. The van der Waals surface area contributed by atoms with Crippen LogP contribution in [0.25, 0.3) is 0 Å². The average molecular weight is 1870 g/mol. The van der Waals surface area contributed by atoms with Gasteiger partial charge in [0.25, 0.3) is 17.7 Å². The Labute approximate surface area is 772 Å². The summed E-state index contributed by atoms with van der Waals surface area (Å²) in [5.41, 5.74) is 10.2. The van der Waals surface area contributed by atoms with Crippen molar-refractivity contribution < 1.29 is 79.5 Å². The number of carbonyl (C=O) groups is 6. The molecule has 12 atom stereocenters. The van der Waals surface area contributed by atoms with Crippen LogP contribution in [0.5, 0.6) is 0 Å². The number of amidine groups is 4. The van der Waals surface area contributed by atoms with Gasteiger partial charge in [-0.25, -0.2) is 66.9 Å². The van der Waals surface area contributed by atoms with Crippen LogP contribution in [0.3, 0.4) is 0 Å². The molecule has 0 unspecified atom stereocenters. The third kappa shape index (κ3) is 23.8. The van der Waals surface area contributed by atoms with Crippen molar-refractivity contribution in [2.75, 3.05) is 74.5 Å². The van der Waals surface area contributed by atoms with Gasteiger partial charge in [-0.2, -0.15) is 15.8 Å². The third-order valence-corrected chi connectivity index (χ3v) is 26.8. The number of fused-ring (bicyclic) bond motifs is 4. The highest BCUT2D eigenvalue weighted by Gasteiger charge is 2.55. The summed E-state index contributed by atoms with van der Waals surface area (Å²) in [4.78, 5) is 106. The van der Waals surface area contributed by atoms with Crippen LogP contribution < -0.4 is 43.4 Å². The van der Waals surface area contributed by atoms with E-state index in [2.05, 4.69) is 65.7 Å². The number of nitrogens with one attached hydrogen (secondary N) is 6. The number of ether oxygens (including phenoxy) is 7. The number of amides is 6. The number of nitrogen functional groups attached to an aromatic ring is 1. The van der Waals surface area contributed by atoms with Crippen LogP contribution in [0, 0.1) is 80.9 Å². The monoisotopic (exact) mass is 1870 g/mol. The maximum absolute atomic E-state index is 15.4. The molecule has 10 N–H and O–H groups in total. The van der Waals surface area contributed by atoms with E-state index in [0.717, 1.165) is 12.8 Å². The molecule has 0 bridgehead atoms. The molecule has 0 spiro atoms. The molecule has 15 rings (SSSR count). The number of alkyl carbamates (subject to hydrolysis) is 3. The molecule has 6 amide bonds. The Bertz CT molecular complexity index is 5530. The summed E-state index contributed by atoms with van der Waals surface area (Å²) in [7, 11) is 0.